The molecule has 1 atom stereocenters. The lowest BCUT2D eigenvalue weighted by Crippen LogP contribution is -2.46. The lowest BCUT2D eigenvalue weighted by molar-refractivity contribution is 0.0143. The molecule has 1 saturated heterocycles. The molecule has 5 nitrogen and oxygen atoms in total. The van der Waals surface area contributed by atoms with Crippen LogP contribution in [0.25, 0.3) is 0 Å². The van der Waals surface area contributed by atoms with Gasteiger partial charge < -0.3 is 15.8 Å². The molecular weight excluding hydrogens is 367 g/mol. The van der Waals surface area contributed by atoms with Gasteiger partial charge in [0.25, 0.3) is 0 Å². The van der Waals surface area contributed by atoms with E-state index in [1.165, 1.54) is 0 Å². The average molecular weight is 398 g/mol. The highest BCUT2D eigenvalue weighted by atomic mass is 127. The Hall–Kier alpha value is -0.0800. The highest BCUT2D eigenvalue weighted by molar-refractivity contribution is 14.0. The summed E-state index contributed by atoms with van der Waals surface area (Å²) in [4.78, 5) is 6.98. The van der Waals surface area contributed by atoms with Crippen molar-refractivity contribution in [3.63, 3.8) is 0 Å². The lowest BCUT2D eigenvalue weighted by Gasteiger charge is -2.34. The van der Waals surface area contributed by atoms with E-state index in [1.54, 1.807) is 0 Å². The number of morpholine rings is 1. The van der Waals surface area contributed by atoms with Crippen LogP contribution in [0, 0.1) is 5.92 Å². The van der Waals surface area contributed by atoms with Gasteiger partial charge in [-0.05, 0) is 18.8 Å². The van der Waals surface area contributed by atoms with Gasteiger partial charge in [0.05, 0.1) is 19.8 Å². The highest BCUT2D eigenvalue weighted by Gasteiger charge is 2.21. The molecule has 120 valence electrons. The third-order valence-corrected chi connectivity index (χ3v) is 3.33. The minimum absolute atomic E-state index is 0. The van der Waals surface area contributed by atoms with E-state index < -0.39 is 0 Å². The number of nitrogens with zero attached hydrogens (tertiary/aromatic N) is 2. The van der Waals surface area contributed by atoms with Crippen LogP contribution in [0.4, 0.5) is 0 Å². The second kappa shape index (κ2) is 11.6. The minimum atomic E-state index is 0. The summed E-state index contributed by atoms with van der Waals surface area (Å²) in [6, 6.07) is 0.478. The molecule has 3 N–H and O–H groups in total. The standard InChI is InChI=1S/C14H30N4O.HI/c1-4-5-16-14(15)17-11-13(10-12(2)3)18-6-8-19-9-7-18;/h12-13H,4-11H2,1-3H3,(H3,15,16,17);1H. The van der Waals surface area contributed by atoms with Gasteiger partial charge in [-0.25, -0.2) is 0 Å². The van der Waals surface area contributed by atoms with Crippen LogP contribution in [0.15, 0.2) is 4.99 Å². The predicted molar refractivity (Wildman–Crippen MR) is 95.8 cm³/mol. The van der Waals surface area contributed by atoms with Crippen molar-refractivity contribution < 1.29 is 4.74 Å². The maximum Gasteiger partial charge on any atom is 0.188 e. The smallest absolute Gasteiger partial charge is 0.188 e. The molecule has 1 aliphatic heterocycles. The van der Waals surface area contributed by atoms with Crippen molar-refractivity contribution in [2.24, 2.45) is 16.6 Å². The minimum Gasteiger partial charge on any atom is -0.379 e. The number of ether oxygens (including phenoxy) is 1. The molecule has 6 heteroatoms. The van der Waals surface area contributed by atoms with Crippen molar-refractivity contribution >= 4 is 29.9 Å². The Labute approximate surface area is 140 Å². The molecule has 0 aliphatic carbocycles. The van der Waals surface area contributed by atoms with Gasteiger partial charge in [-0.2, -0.15) is 0 Å². The fraction of sp³-hybridized carbons (Fsp3) is 0.929. The molecule has 0 aromatic rings. The summed E-state index contributed by atoms with van der Waals surface area (Å²) in [6.45, 7) is 12.0. The summed E-state index contributed by atoms with van der Waals surface area (Å²) in [5.74, 6) is 1.25. The molecule has 0 aromatic carbocycles. The van der Waals surface area contributed by atoms with Crippen LogP contribution < -0.4 is 11.1 Å². The number of hydrogen-bond acceptors (Lipinski definition) is 3. The summed E-state index contributed by atoms with van der Waals surface area (Å²) in [5.41, 5.74) is 5.86. The van der Waals surface area contributed by atoms with E-state index in [4.69, 9.17) is 10.5 Å². The zero-order valence-electron chi connectivity index (χ0n) is 13.1. The lowest BCUT2D eigenvalue weighted by atomic mass is 10.0. The fourth-order valence-corrected chi connectivity index (χ4v) is 2.34. The Balaban J connectivity index is 0.00000361. The first kappa shape index (κ1) is 19.9. The van der Waals surface area contributed by atoms with E-state index in [0.29, 0.717) is 17.9 Å². The number of nitrogens with two attached hydrogens (primary N) is 1. The molecule has 0 radical (unpaired) electrons. The van der Waals surface area contributed by atoms with Crippen LogP contribution in [0.2, 0.25) is 0 Å². The Morgan fingerprint density at radius 1 is 1.35 bits per heavy atom. The quantitative estimate of drug-likeness (QED) is 0.389. The van der Waals surface area contributed by atoms with Crippen LogP contribution in [-0.4, -0.2) is 56.3 Å². The zero-order chi connectivity index (χ0) is 14.1. The largest absolute Gasteiger partial charge is 0.379 e. The first-order valence-corrected chi connectivity index (χ1v) is 7.49. The molecule has 1 aliphatic rings. The van der Waals surface area contributed by atoms with Crippen LogP contribution in [0.1, 0.15) is 33.6 Å². The van der Waals surface area contributed by atoms with Gasteiger partial charge in [0.15, 0.2) is 5.96 Å². The van der Waals surface area contributed by atoms with Crippen molar-refractivity contribution in [3.8, 4) is 0 Å². The van der Waals surface area contributed by atoms with Gasteiger partial charge in [0, 0.05) is 25.7 Å². The molecule has 20 heavy (non-hydrogen) atoms. The van der Waals surface area contributed by atoms with Gasteiger partial charge in [-0.15, -0.1) is 24.0 Å². The summed E-state index contributed by atoms with van der Waals surface area (Å²) in [6.07, 6.45) is 2.22. The average Bonchev–Trinajstić information content (AvgIpc) is 2.41. The first-order chi connectivity index (χ1) is 9.13. The van der Waals surface area contributed by atoms with Gasteiger partial charge >= 0.3 is 0 Å². The molecule has 1 fully saturated rings. The third-order valence-electron chi connectivity index (χ3n) is 3.33. The topological polar surface area (TPSA) is 62.9 Å². The molecule has 0 bridgehead atoms. The van der Waals surface area contributed by atoms with Crippen LogP contribution in [-0.2, 0) is 4.74 Å². The predicted octanol–water partition coefficient (Wildman–Crippen LogP) is 1.67. The fourth-order valence-electron chi connectivity index (χ4n) is 2.34. The highest BCUT2D eigenvalue weighted by Crippen LogP contribution is 2.13. The maximum atomic E-state index is 5.86. The van der Waals surface area contributed by atoms with Gasteiger partial charge in [-0.3, -0.25) is 9.89 Å². The van der Waals surface area contributed by atoms with Gasteiger partial charge in [0.1, 0.15) is 0 Å². The summed E-state index contributed by atoms with van der Waals surface area (Å²) in [7, 11) is 0. The van der Waals surface area contributed by atoms with E-state index in [0.717, 1.165) is 52.2 Å². The molecule has 1 heterocycles. The van der Waals surface area contributed by atoms with Crippen LogP contribution in [0.5, 0.6) is 0 Å². The number of hydrogen-bond donors (Lipinski definition) is 2. The Morgan fingerprint density at radius 2 is 2.00 bits per heavy atom. The third kappa shape index (κ3) is 8.26. The SMILES string of the molecule is CCCNC(N)=NCC(CC(C)C)N1CCOCC1.I. The monoisotopic (exact) mass is 398 g/mol. The van der Waals surface area contributed by atoms with Crippen LogP contribution in [0.3, 0.4) is 0 Å². The molecular formula is C14H31IN4O. The second-order valence-electron chi connectivity index (χ2n) is 5.58. The van der Waals surface area contributed by atoms with Crippen molar-refractivity contribution in [1.29, 1.82) is 0 Å². The first-order valence-electron chi connectivity index (χ1n) is 7.49. The molecule has 1 unspecified atom stereocenters. The Kier molecular flexibility index (Phi) is 11.5. The number of aliphatic imine (C=N–C) groups is 1. The second-order valence-corrected chi connectivity index (χ2v) is 5.58. The summed E-state index contributed by atoms with van der Waals surface area (Å²) in [5, 5.41) is 3.13. The number of nitrogens with one attached hydrogen (secondary N) is 1. The van der Waals surface area contributed by atoms with Gasteiger partial charge in [-0.1, -0.05) is 20.8 Å². The van der Waals surface area contributed by atoms with Crippen molar-refractivity contribution in [2.45, 2.75) is 39.7 Å². The van der Waals surface area contributed by atoms with Crippen molar-refractivity contribution in [3.05, 3.63) is 0 Å². The van der Waals surface area contributed by atoms with E-state index in [1.807, 2.05) is 0 Å². The number of rotatable bonds is 7. The Morgan fingerprint density at radius 3 is 2.55 bits per heavy atom. The van der Waals surface area contributed by atoms with Gasteiger partial charge in [0.2, 0.25) is 0 Å². The molecule has 0 saturated carbocycles. The molecule has 0 spiro atoms. The molecule has 0 aromatic heterocycles. The number of halogens is 1. The van der Waals surface area contributed by atoms with E-state index in [9.17, 15) is 0 Å². The zero-order valence-corrected chi connectivity index (χ0v) is 15.4. The molecule has 1 rings (SSSR count). The number of guanidine groups is 1. The van der Waals surface area contributed by atoms with E-state index >= 15 is 0 Å². The summed E-state index contributed by atoms with van der Waals surface area (Å²) < 4.78 is 5.42. The van der Waals surface area contributed by atoms with Crippen LogP contribution >= 0.6 is 24.0 Å². The maximum absolute atomic E-state index is 5.86. The summed E-state index contributed by atoms with van der Waals surface area (Å²) >= 11 is 0. The van der Waals surface area contributed by atoms with Crippen molar-refractivity contribution in [1.82, 2.24) is 10.2 Å². The van der Waals surface area contributed by atoms with Crippen molar-refractivity contribution in [2.75, 3.05) is 39.4 Å². The molecule has 0 amide bonds. The van der Waals surface area contributed by atoms with E-state index in [-0.39, 0.29) is 24.0 Å². The Bertz CT molecular complexity index is 268. The van der Waals surface area contributed by atoms with E-state index in [2.05, 4.69) is 36.0 Å². The normalized spacial score (nSPS) is 18.7.